The van der Waals surface area contributed by atoms with Crippen molar-refractivity contribution in [3.05, 3.63) is 20.8 Å². The van der Waals surface area contributed by atoms with Crippen molar-refractivity contribution < 1.29 is 0 Å². The summed E-state index contributed by atoms with van der Waals surface area (Å²) in [5.74, 6) is 6.63. The standard InChI is InChI=1S/C14H23BrN2S/c15-14-9-8-13(18-14)10-12(17-16)7-6-11-4-2-1-3-5-11/h8-9,11-12,17H,1-7,10,16H2. The zero-order valence-electron chi connectivity index (χ0n) is 10.8. The van der Waals surface area contributed by atoms with E-state index in [1.165, 1.54) is 53.6 Å². The third-order valence-electron chi connectivity index (χ3n) is 3.96. The largest absolute Gasteiger partial charge is 0.271 e. The topological polar surface area (TPSA) is 38.0 Å². The number of nitrogens with one attached hydrogen (secondary N) is 1. The fourth-order valence-electron chi connectivity index (χ4n) is 2.86. The van der Waals surface area contributed by atoms with E-state index in [1.54, 1.807) is 0 Å². The van der Waals surface area contributed by atoms with Crippen LogP contribution in [0.2, 0.25) is 0 Å². The second-order valence-electron chi connectivity index (χ2n) is 5.35. The van der Waals surface area contributed by atoms with Crippen LogP contribution >= 0.6 is 27.3 Å². The molecule has 1 heterocycles. The summed E-state index contributed by atoms with van der Waals surface area (Å²) >= 11 is 5.33. The van der Waals surface area contributed by atoms with Crippen LogP contribution in [0.5, 0.6) is 0 Å². The van der Waals surface area contributed by atoms with Crippen molar-refractivity contribution in [2.24, 2.45) is 11.8 Å². The lowest BCUT2D eigenvalue weighted by Gasteiger charge is -2.23. The Morgan fingerprint density at radius 1 is 1.33 bits per heavy atom. The molecule has 1 fully saturated rings. The second kappa shape index (κ2) is 7.63. The molecule has 1 unspecified atom stereocenters. The predicted octanol–water partition coefficient (Wildman–Crippen LogP) is 4.25. The molecule has 1 saturated carbocycles. The Labute approximate surface area is 122 Å². The van der Waals surface area contributed by atoms with Gasteiger partial charge >= 0.3 is 0 Å². The molecule has 0 amide bonds. The van der Waals surface area contributed by atoms with Crippen LogP contribution < -0.4 is 11.3 Å². The Morgan fingerprint density at radius 3 is 2.72 bits per heavy atom. The maximum Gasteiger partial charge on any atom is 0.0701 e. The van der Waals surface area contributed by atoms with E-state index >= 15 is 0 Å². The van der Waals surface area contributed by atoms with Gasteiger partial charge in [0.25, 0.3) is 0 Å². The summed E-state index contributed by atoms with van der Waals surface area (Å²) in [6, 6.07) is 4.74. The van der Waals surface area contributed by atoms with Gasteiger partial charge in [0.05, 0.1) is 3.79 Å². The fraction of sp³-hybridized carbons (Fsp3) is 0.714. The molecule has 1 aliphatic carbocycles. The zero-order valence-corrected chi connectivity index (χ0v) is 13.2. The van der Waals surface area contributed by atoms with Crippen molar-refractivity contribution in [1.82, 2.24) is 5.43 Å². The molecule has 1 atom stereocenters. The summed E-state index contributed by atoms with van der Waals surface area (Å²) in [5, 5.41) is 0. The monoisotopic (exact) mass is 330 g/mol. The molecule has 102 valence electrons. The van der Waals surface area contributed by atoms with Crippen molar-refractivity contribution in [3.8, 4) is 0 Å². The first-order chi connectivity index (χ1) is 8.78. The highest BCUT2D eigenvalue weighted by molar-refractivity contribution is 9.11. The van der Waals surface area contributed by atoms with Crippen molar-refractivity contribution in [2.75, 3.05) is 0 Å². The smallest absolute Gasteiger partial charge is 0.0701 e. The molecule has 18 heavy (non-hydrogen) atoms. The Hall–Kier alpha value is 0.1000. The highest BCUT2D eigenvalue weighted by atomic mass is 79.9. The Bertz CT molecular complexity index is 347. The van der Waals surface area contributed by atoms with E-state index in [0.29, 0.717) is 6.04 Å². The van der Waals surface area contributed by atoms with Gasteiger partial charge in [0.1, 0.15) is 0 Å². The normalized spacial score (nSPS) is 19.0. The van der Waals surface area contributed by atoms with Gasteiger partial charge in [0.2, 0.25) is 0 Å². The molecule has 2 rings (SSSR count). The van der Waals surface area contributed by atoms with E-state index in [0.717, 1.165) is 12.3 Å². The van der Waals surface area contributed by atoms with Crippen molar-refractivity contribution >= 4 is 27.3 Å². The van der Waals surface area contributed by atoms with Gasteiger partial charge in [0, 0.05) is 10.9 Å². The van der Waals surface area contributed by atoms with Crippen LogP contribution in [0.1, 0.15) is 49.8 Å². The first-order valence-corrected chi connectivity index (χ1v) is 8.59. The molecule has 0 spiro atoms. The number of hydrogen-bond donors (Lipinski definition) is 2. The van der Waals surface area contributed by atoms with E-state index < -0.39 is 0 Å². The van der Waals surface area contributed by atoms with E-state index in [-0.39, 0.29) is 0 Å². The summed E-state index contributed by atoms with van der Waals surface area (Å²) in [7, 11) is 0. The van der Waals surface area contributed by atoms with Gasteiger partial charge in [-0.1, -0.05) is 32.1 Å². The summed E-state index contributed by atoms with van der Waals surface area (Å²) < 4.78 is 1.21. The molecule has 0 aromatic carbocycles. The second-order valence-corrected chi connectivity index (χ2v) is 7.90. The Morgan fingerprint density at radius 2 is 2.11 bits per heavy atom. The summed E-state index contributed by atoms with van der Waals surface area (Å²) in [6.07, 6.45) is 10.8. The maximum absolute atomic E-state index is 5.69. The van der Waals surface area contributed by atoms with Crippen LogP contribution in [-0.2, 0) is 6.42 Å². The number of thiophene rings is 1. The van der Waals surface area contributed by atoms with E-state index in [2.05, 4.69) is 33.5 Å². The van der Waals surface area contributed by atoms with Gasteiger partial charge in [-0.15, -0.1) is 11.3 Å². The number of rotatable bonds is 6. The van der Waals surface area contributed by atoms with Gasteiger partial charge < -0.3 is 0 Å². The number of nitrogens with two attached hydrogens (primary N) is 1. The lowest BCUT2D eigenvalue weighted by atomic mass is 9.85. The molecule has 0 bridgehead atoms. The molecular formula is C14H23BrN2S. The lowest BCUT2D eigenvalue weighted by Crippen LogP contribution is -2.37. The average Bonchev–Trinajstić information content (AvgIpc) is 2.81. The maximum atomic E-state index is 5.69. The SMILES string of the molecule is NNC(CCC1CCCCC1)Cc1ccc(Br)s1. The highest BCUT2D eigenvalue weighted by Crippen LogP contribution is 2.29. The van der Waals surface area contributed by atoms with E-state index in [1.807, 2.05) is 11.3 Å². The van der Waals surface area contributed by atoms with Crippen LogP contribution in [-0.4, -0.2) is 6.04 Å². The minimum absolute atomic E-state index is 0.428. The van der Waals surface area contributed by atoms with Crippen LogP contribution in [0, 0.1) is 5.92 Å². The number of hydrazine groups is 1. The molecule has 0 radical (unpaired) electrons. The minimum Gasteiger partial charge on any atom is -0.271 e. The first kappa shape index (κ1) is 14.5. The highest BCUT2D eigenvalue weighted by Gasteiger charge is 2.16. The number of hydrogen-bond acceptors (Lipinski definition) is 3. The third-order valence-corrected chi connectivity index (χ3v) is 5.61. The first-order valence-electron chi connectivity index (χ1n) is 6.98. The lowest BCUT2D eigenvalue weighted by molar-refractivity contribution is 0.313. The molecule has 0 aliphatic heterocycles. The fourth-order valence-corrected chi connectivity index (χ4v) is 4.42. The van der Waals surface area contributed by atoms with Crippen LogP contribution in [0.3, 0.4) is 0 Å². The molecule has 1 aromatic heterocycles. The van der Waals surface area contributed by atoms with Gasteiger partial charge in [-0.25, -0.2) is 0 Å². The summed E-state index contributed by atoms with van der Waals surface area (Å²) in [6.45, 7) is 0. The summed E-state index contributed by atoms with van der Waals surface area (Å²) in [4.78, 5) is 1.41. The van der Waals surface area contributed by atoms with Crippen molar-refractivity contribution in [2.45, 2.75) is 57.4 Å². The quantitative estimate of drug-likeness (QED) is 0.604. The summed E-state index contributed by atoms with van der Waals surface area (Å²) in [5.41, 5.74) is 2.99. The van der Waals surface area contributed by atoms with Gasteiger partial charge in [-0.3, -0.25) is 11.3 Å². The zero-order chi connectivity index (χ0) is 12.8. The molecule has 0 saturated heterocycles. The average molecular weight is 331 g/mol. The molecule has 1 aliphatic rings. The van der Waals surface area contributed by atoms with Gasteiger partial charge in [-0.05, 0) is 53.2 Å². The van der Waals surface area contributed by atoms with E-state index in [4.69, 9.17) is 5.84 Å². The molecular weight excluding hydrogens is 308 g/mol. The predicted molar refractivity (Wildman–Crippen MR) is 82.6 cm³/mol. The Balaban J connectivity index is 1.74. The van der Waals surface area contributed by atoms with Crippen molar-refractivity contribution in [1.29, 1.82) is 0 Å². The molecule has 2 nitrogen and oxygen atoms in total. The minimum atomic E-state index is 0.428. The molecule has 1 aromatic rings. The van der Waals surface area contributed by atoms with Gasteiger partial charge in [0.15, 0.2) is 0 Å². The molecule has 4 heteroatoms. The molecule has 3 N–H and O–H groups in total. The van der Waals surface area contributed by atoms with E-state index in [9.17, 15) is 0 Å². The van der Waals surface area contributed by atoms with Crippen LogP contribution in [0.25, 0.3) is 0 Å². The van der Waals surface area contributed by atoms with Gasteiger partial charge in [-0.2, -0.15) is 0 Å². The number of halogens is 1. The Kier molecular flexibility index (Phi) is 6.15. The third kappa shape index (κ3) is 4.65. The van der Waals surface area contributed by atoms with Crippen LogP contribution in [0.4, 0.5) is 0 Å². The van der Waals surface area contributed by atoms with Crippen LogP contribution in [0.15, 0.2) is 15.9 Å². The van der Waals surface area contributed by atoms with Crippen molar-refractivity contribution in [3.63, 3.8) is 0 Å².